The Morgan fingerprint density at radius 2 is 2.03 bits per heavy atom. The lowest BCUT2D eigenvalue weighted by atomic mass is 9.70. The fourth-order valence-electron chi connectivity index (χ4n) is 4.95. The van der Waals surface area contributed by atoms with Gasteiger partial charge in [-0.25, -0.2) is 4.98 Å². The summed E-state index contributed by atoms with van der Waals surface area (Å²) in [5, 5.41) is 23.4. The molecule has 0 radical (unpaired) electrons. The number of epoxide rings is 1. The summed E-state index contributed by atoms with van der Waals surface area (Å²) in [6, 6.07) is 2.15. The number of nitriles is 1. The SMILES string of the molecule is C/C(=C\c1csc(C)n1)C1C[C@@H]2O[C@]2(C)CCCC[C@H](O)C(C)C(=O)C(C)(C)[C@H](C#N)CC(=O)O1. The Balaban J connectivity index is 1.87. The monoisotopic (exact) mass is 502 g/mol. The van der Waals surface area contributed by atoms with Crippen LogP contribution in [0.5, 0.6) is 0 Å². The maximum atomic E-state index is 13.2. The first kappa shape index (κ1) is 27.5. The summed E-state index contributed by atoms with van der Waals surface area (Å²) in [6.07, 6.45) is 3.93. The summed E-state index contributed by atoms with van der Waals surface area (Å²) in [6.45, 7) is 11.0. The van der Waals surface area contributed by atoms with Gasteiger partial charge in [-0.15, -0.1) is 11.3 Å². The van der Waals surface area contributed by atoms with E-state index < -0.39 is 35.4 Å². The third kappa shape index (κ3) is 6.58. The Hall–Kier alpha value is -2.08. The van der Waals surface area contributed by atoms with Crippen molar-refractivity contribution >= 4 is 29.2 Å². The van der Waals surface area contributed by atoms with Crippen molar-refractivity contribution in [1.82, 2.24) is 4.98 Å². The van der Waals surface area contributed by atoms with Crippen LogP contribution in [-0.4, -0.2) is 45.8 Å². The standard InChI is InChI=1S/C27H38N2O5S/c1-16(11-20-15-35-18(3)29-20)22-13-23-27(6,34-23)10-8-7-9-21(30)17(2)25(32)26(4,5)19(14-28)12-24(31)33-22/h11,15,17,19,21-23,30H,7-10,12-13H2,1-6H3/b16-11+/t17?,19-,21-,22?,23-,27+/m0/s1. The van der Waals surface area contributed by atoms with Crippen molar-refractivity contribution in [3.05, 3.63) is 21.7 Å². The van der Waals surface area contributed by atoms with Gasteiger partial charge in [0.15, 0.2) is 0 Å². The summed E-state index contributed by atoms with van der Waals surface area (Å²) in [5.41, 5.74) is 0.301. The molecule has 2 unspecified atom stereocenters. The number of Topliss-reactive ketones (excluding diaryl/α,β-unsaturated/α-hetero) is 1. The van der Waals surface area contributed by atoms with Crippen molar-refractivity contribution < 1.29 is 24.2 Å². The second-order valence-corrected chi connectivity index (χ2v) is 11.9. The molecule has 3 heterocycles. The van der Waals surface area contributed by atoms with Gasteiger partial charge in [-0.3, -0.25) is 9.59 Å². The highest BCUT2D eigenvalue weighted by Crippen LogP contribution is 2.45. The van der Waals surface area contributed by atoms with Crippen LogP contribution in [0.2, 0.25) is 0 Å². The van der Waals surface area contributed by atoms with Crippen LogP contribution in [0.25, 0.3) is 6.08 Å². The predicted octanol–water partition coefficient (Wildman–Crippen LogP) is 5.01. The van der Waals surface area contributed by atoms with Crippen molar-refractivity contribution in [2.45, 2.75) is 104 Å². The van der Waals surface area contributed by atoms with Crippen molar-refractivity contribution in [2.24, 2.45) is 17.3 Å². The molecule has 2 fully saturated rings. The molecule has 1 N–H and O–H groups in total. The number of esters is 1. The van der Waals surface area contributed by atoms with Crippen LogP contribution in [0.15, 0.2) is 11.0 Å². The molecule has 7 nitrogen and oxygen atoms in total. The highest BCUT2D eigenvalue weighted by molar-refractivity contribution is 7.09. The summed E-state index contributed by atoms with van der Waals surface area (Å²) in [5.74, 6) is -2.21. The molecular formula is C27H38N2O5S. The molecule has 0 aliphatic carbocycles. The molecule has 0 aromatic carbocycles. The highest BCUT2D eigenvalue weighted by atomic mass is 32.1. The highest BCUT2D eigenvalue weighted by Gasteiger charge is 2.52. The fraction of sp³-hybridized carbons (Fsp3) is 0.704. The van der Waals surface area contributed by atoms with Gasteiger partial charge in [0.05, 0.1) is 46.9 Å². The molecule has 8 heteroatoms. The van der Waals surface area contributed by atoms with Crippen LogP contribution in [0.4, 0.5) is 0 Å². The molecule has 1 aromatic rings. The Bertz CT molecular complexity index is 1010. The minimum atomic E-state index is -1.10. The number of fused-ring (bicyclic) bond motifs is 1. The summed E-state index contributed by atoms with van der Waals surface area (Å²) >= 11 is 1.56. The number of thiazole rings is 1. The number of aryl methyl sites for hydroxylation is 1. The minimum Gasteiger partial charge on any atom is -0.458 e. The average Bonchev–Trinajstić information content (AvgIpc) is 3.24. The van der Waals surface area contributed by atoms with Crippen LogP contribution < -0.4 is 0 Å². The number of carbonyl (C=O) groups excluding carboxylic acids is 2. The smallest absolute Gasteiger partial charge is 0.307 e. The Morgan fingerprint density at radius 1 is 1.31 bits per heavy atom. The first-order valence-corrected chi connectivity index (χ1v) is 13.3. The Morgan fingerprint density at radius 3 is 2.66 bits per heavy atom. The molecule has 1 aromatic heterocycles. The first-order valence-electron chi connectivity index (χ1n) is 12.5. The van der Waals surface area contributed by atoms with Crippen LogP contribution in [-0.2, 0) is 19.1 Å². The molecule has 35 heavy (non-hydrogen) atoms. The number of carbonyl (C=O) groups is 2. The van der Waals surface area contributed by atoms with Gasteiger partial charge in [-0.1, -0.05) is 33.6 Å². The number of aromatic nitrogens is 1. The predicted molar refractivity (Wildman–Crippen MR) is 134 cm³/mol. The third-order valence-electron chi connectivity index (χ3n) is 7.70. The zero-order valence-electron chi connectivity index (χ0n) is 21.7. The van der Waals surface area contributed by atoms with Crippen LogP contribution in [0, 0.1) is 35.5 Å². The van der Waals surface area contributed by atoms with Crippen LogP contribution in [0.1, 0.15) is 83.8 Å². The maximum Gasteiger partial charge on any atom is 0.307 e. The van der Waals surface area contributed by atoms with Crippen molar-refractivity contribution in [3.8, 4) is 6.07 Å². The van der Waals surface area contributed by atoms with Gasteiger partial charge in [0, 0.05) is 23.1 Å². The van der Waals surface area contributed by atoms with E-state index in [1.807, 2.05) is 25.3 Å². The van der Waals surface area contributed by atoms with Crippen molar-refractivity contribution in [2.75, 3.05) is 0 Å². The van der Waals surface area contributed by atoms with E-state index in [2.05, 4.69) is 18.0 Å². The second kappa shape index (κ2) is 10.9. The molecular weight excluding hydrogens is 464 g/mol. The lowest BCUT2D eigenvalue weighted by Crippen LogP contribution is -2.41. The summed E-state index contributed by atoms with van der Waals surface area (Å²) in [7, 11) is 0. The molecule has 0 bridgehead atoms. The number of hydrogen-bond acceptors (Lipinski definition) is 8. The van der Waals surface area contributed by atoms with Gasteiger partial charge >= 0.3 is 5.97 Å². The number of ether oxygens (including phenoxy) is 2. The molecule has 3 rings (SSSR count). The molecule has 2 aliphatic rings. The van der Waals surface area contributed by atoms with E-state index in [-0.39, 0.29) is 23.9 Å². The van der Waals surface area contributed by atoms with Gasteiger partial charge < -0.3 is 14.6 Å². The molecule has 192 valence electrons. The van der Waals surface area contributed by atoms with E-state index in [0.29, 0.717) is 12.8 Å². The Labute approximate surface area is 212 Å². The molecule has 0 amide bonds. The zero-order valence-corrected chi connectivity index (χ0v) is 22.5. The number of hydrogen-bond donors (Lipinski definition) is 1. The molecule has 0 spiro atoms. The summed E-state index contributed by atoms with van der Waals surface area (Å²) < 4.78 is 12.0. The topological polar surface area (TPSA) is 113 Å². The molecule has 2 saturated heterocycles. The first-order chi connectivity index (χ1) is 16.4. The van der Waals surface area contributed by atoms with E-state index in [9.17, 15) is 20.0 Å². The number of aliphatic hydroxyl groups excluding tert-OH is 1. The Kier molecular flexibility index (Phi) is 8.56. The lowest BCUT2D eigenvalue weighted by Gasteiger charge is -2.32. The summed E-state index contributed by atoms with van der Waals surface area (Å²) in [4.78, 5) is 30.8. The van der Waals surface area contributed by atoms with Crippen molar-refractivity contribution in [3.63, 3.8) is 0 Å². The quantitative estimate of drug-likeness (QED) is 0.447. The third-order valence-corrected chi connectivity index (χ3v) is 8.50. The number of ketones is 1. The van der Waals surface area contributed by atoms with Gasteiger partial charge in [0.1, 0.15) is 11.9 Å². The van der Waals surface area contributed by atoms with E-state index in [1.165, 1.54) is 0 Å². The second-order valence-electron chi connectivity index (χ2n) is 10.9. The van der Waals surface area contributed by atoms with E-state index in [1.54, 1.807) is 32.1 Å². The number of aliphatic hydroxyl groups is 1. The minimum absolute atomic E-state index is 0.0395. The molecule has 6 atom stereocenters. The largest absolute Gasteiger partial charge is 0.458 e. The lowest BCUT2D eigenvalue weighted by molar-refractivity contribution is -0.150. The van der Waals surface area contributed by atoms with Gasteiger partial charge in [0.25, 0.3) is 0 Å². The van der Waals surface area contributed by atoms with Crippen LogP contribution >= 0.6 is 11.3 Å². The number of cyclic esters (lactones) is 1. The fourth-order valence-corrected chi connectivity index (χ4v) is 5.52. The number of rotatable bonds is 2. The number of nitrogens with zero attached hydrogens (tertiary/aromatic N) is 2. The van der Waals surface area contributed by atoms with Crippen molar-refractivity contribution in [1.29, 1.82) is 5.26 Å². The maximum absolute atomic E-state index is 13.2. The van der Waals surface area contributed by atoms with E-state index >= 15 is 0 Å². The average molecular weight is 503 g/mol. The van der Waals surface area contributed by atoms with E-state index in [4.69, 9.17) is 9.47 Å². The normalized spacial score (nSPS) is 35.0. The van der Waals surface area contributed by atoms with Crippen LogP contribution in [0.3, 0.4) is 0 Å². The van der Waals surface area contributed by atoms with Gasteiger partial charge in [-0.2, -0.15) is 5.26 Å². The van der Waals surface area contributed by atoms with E-state index in [0.717, 1.165) is 35.5 Å². The van der Waals surface area contributed by atoms with Gasteiger partial charge in [0.2, 0.25) is 0 Å². The molecule has 2 aliphatic heterocycles. The zero-order chi connectivity index (χ0) is 26.0. The van der Waals surface area contributed by atoms with Gasteiger partial charge in [-0.05, 0) is 45.3 Å². The molecule has 0 saturated carbocycles.